The Morgan fingerprint density at radius 3 is 2.23 bits per heavy atom. The highest BCUT2D eigenvalue weighted by Gasteiger charge is 2.17. The number of hydrogen-bond acceptors (Lipinski definition) is 5. The predicted octanol–water partition coefficient (Wildman–Crippen LogP) is 5.91. The van der Waals surface area contributed by atoms with Gasteiger partial charge in [-0.3, -0.25) is 14.9 Å². The number of aryl methyl sites for hydroxylation is 2. The van der Waals surface area contributed by atoms with E-state index in [1.54, 1.807) is 24.3 Å². The van der Waals surface area contributed by atoms with Crippen LogP contribution < -0.4 is 5.32 Å². The quantitative estimate of drug-likeness (QED) is 0.227. The summed E-state index contributed by atoms with van der Waals surface area (Å²) >= 11 is 1.29. The molecular formula is C24H19N3O3S. The minimum atomic E-state index is -0.577. The van der Waals surface area contributed by atoms with Crippen molar-refractivity contribution in [3.05, 3.63) is 99.1 Å². The van der Waals surface area contributed by atoms with Gasteiger partial charge in [-0.25, -0.2) is 0 Å². The van der Waals surface area contributed by atoms with Crippen LogP contribution in [0.5, 0.6) is 0 Å². The van der Waals surface area contributed by atoms with Crippen molar-refractivity contribution in [2.75, 3.05) is 5.32 Å². The first kappa shape index (κ1) is 21.8. The van der Waals surface area contributed by atoms with E-state index in [0.29, 0.717) is 16.1 Å². The van der Waals surface area contributed by atoms with E-state index in [-0.39, 0.29) is 11.3 Å². The van der Waals surface area contributed by atoms with Gasteiger partial charge < -0.3 is 5.32 Å². The second-order valence-corrected chi connectivity index (χ2v) is 8.00. The summed E-state index contributed by atoms with van der Waals surface area (Å²) in [5, 5.41) is 23.7. The molecule has 3 rings (SSSR count). The summed E-state index contributed by atoms with van der Waals surface area (Å²) in [6, 6.07) is 21.4. The number of nitrogens with zero attached hydrogens (tertiary/aromatic N) is 2. The van der Waals surface area contributed by atoms with Gasteiger partial charge in [-0.2, -0.15) is 5.26 Å². The van der Waals surface area contributed by atoms with Crippen LogP contribution in [0, 0.1) is 35.3 Å². The third kappa shape index (κ3) is 5.81. The smallest absolute Gasteiger partial charge is 0.283 e. The SMILES string of the molecule is Cc1ccc(NC(=O)C(C#N)=Cc2ccc(Sc3ccc(C)cc3)c([N+](=O)[O-])c2)cc1. The third-order valence-electron chi connectivity index (χ3n) is 4.41. The molecule has 3 aromatic carbocycles. The topological polar surface area (TPSA) is 96.0 Å². The van der Waals surface area contributed by atoms with Crippen LogP contribution in [-0.2, 0) is 4.79 Å². The maximum atomic E-state index is 12.4. The van der Waals surface area contributed by atoms with Crippen molar-refractivity contribution in [2.45, 2.75) is 23.6 Å². The molecule has 3 aromatic rings. The zero-order valence-corrected chi connectivity index (χ0v) is 17.8. The van der Waals surface area contributed by atoms with Crippen molar-refractivity contribution in [1.29, 1.82) is 5.26 Å². The van der Waals surface area contributed by atoms with Crippen molar-refractivity contribution in [1.82, 2.24) is 0 Å². The van der Waals surface area contributed by atoms with Gasteiger partial charge in [0.2, 0.25) is 0 Å². The lowest BCUT2D eigenvalue weighted by molar-refractivity contribution is -0.387. The van der Waals surface area contributed by atoms with Crippen LogP contribution in [0.2, 0.25) is 0 Å². The summed E-state index contributed by atoms with van der Waals surface area (Å²) in [6.07, 6.45) is 1.34. The summed E-state index contributed by atoms with van der Waals surface area (Å²) in [5.41, 5.74) is 2.88. The fourth-order valence-corrected chi connectivity index (χ4v) is 3.64. The third-order valence-corrected chi connectivity index (χ3v) is 5.49. The highest BCUT2D eigenvalue weighted by molar-refractivity contribution is 7.99. The molecule has 0 saturated carbocycles. The van der Waals surface area contributed by atoms with Gasteiger partial charge in [0.05, 0.1) is 9.82 Å². The fourth-order valence-electron chi connectivity index (χ4n) is 2.74. The second kappa shape index (κ2) is 9.74. The summed E-state index contributed by atoms with van der Waals surface area (Å²) in [7, 11) is 0. The van der Waals surface area contributed by atoms with Gasteiger partial charge in [-0.1, -0.05) is 53.2 Å². The lowest BCUT2D eigenvalue weighted by Gasteiger charge is -2.06. The minimum Gasteiger partial charge on any atom is -0.321 e. The molecule has 0 bridgehead atoms. The van der Waals surface area contributed by atoms with E-state index < -0.39 is 10.8 Å². The number of benzene rings is 3. The summed E-state index contributed by atoms with van der Waals surface area (Å²) in [4.78, 5) is 24.9. The Morgan fingerprint density at radius 1 is 1.03 bits per heavy atom. The molecule has 1 N–H and O–H groups in total. The first-order valence-electron chi connectivity index (χ1n) is 9.38. The molecule has 7 heteroatoms. The Labute approximate surface area is 184 Å². The normalized spacial score (nSPS) is 10.9. The van der Waals surface area contributed by atoms with Gasteiger partial charge in [0.1, 0.15) is 11.6 Å². The lowest BCUT2D eigenvalue weighted by Crippen LogP contribution is -2.13. The van der Waals surface area contributed by atoms with Gasteiger partial charge in [-0.15, -0.1) is 0 Å². The van der Waals surface area contributed by atoms with Crippen molar-refractivity contribution in [2.24, 2.45) is 0 Å². The average molecular weight is 430 g/mol. The molecule has 0 spiro atoms. The van der Waals surface area contributed by atoms with Crippen LogP contribution >= 0.6 is 11.8 Å². The van der Waals surface area contributed by atoms with Gasteiger partial charge in [-0.05, 0) is 55.8 Å². The summed E-state index contributed by atoms with van der Waals surface area (Å²) in [6.45, 7) is 3.90. The highest BCUT2D eigenvalue weighted by atomic mass is 32.2. The Morgan fingerprint density at radius 2 is 1.65 bits per heavy atom. The first-order chi connectivity index (χ1) is 14.9. The molecule has 31 heavy (non-hydrogen) atoms. The number of hydrogen-bond donors (Lipinski definition) is 1. The molecule has 0 aliphatic rings. The molecule has 0 aliphatic heterocycles. The van der Waals surface area contributed by atoms with Gasteiger partial charge in [0, 0.05) is 16.6 Å². The van der Waals surface area contributed by atoms with E-state index in [2.05, 4.69) is 5.32 Å². The van der Waals surface area contributed by atoms with Gasteiger partial charge in [0.15, 0.2) is 0 Å². The monoisotopic (exact) mass is 429 g/mol. The highest BCUT2D eigenvalue weighted by Crippen LogP contribution is 2.35. The minimum absolute atomic E-state index is 0.0874. The molecule has 1 amide bonds. The van der Waals surface area contributed by atoms with Crippen LogP contribution in [-0.4, -0.2) is 10.8 Å². The number of nitrogens with one attached hydrogen (secondary N) is 1. The molecule has 0 radical (unpaired) electrons. The molecule has 0 fully saturated rings. The molecule has 0 unspecified atom stereocenters. The van der Waals surface area contributed by atoms with Crippen LogP contribution in [0.1, 0.15) is 16.7 Å². The molecule has 154 valence electrons. The Bertz CT molecular complexity index is 1190. The molecule has 0 aromatic heterocycles. The number of amides is 1. The fraction of sp³-hybridized carbons (Fsp3) is 0.0833. The molecule has 0 aliphatic carbocycles. The number of nitriles is 1. The van der Waals surface area contributed by atoms with Gasteiger partial charge >= 0.3 is 0 Å². The second-order valence-electron chi connectivity index (χ2n) is 6.89. The Balaban J connectivity index is 1.85. The summed E-state index contributed by atoms with van der Waals surface area (Å²) < 4.78 is 0. The van der Waals surface area contributed by atoms with Crippen molar-refractivity contribution in [3.8, 4) is 6.07 Å². The number of nitro groups is 1. The van der Waals surface area contributed by atoms with Crippen molar-refractivity contribution in [3.63, 3.8) is 0 Å². The van der Waals surface area contributed by atoms with Crippen LogP contribution in [0.4, 0.5) is 11.4 Å². The largest absolute Gasteiger partial charge is 0.321 e. The van der Waals surface area contributed by atoms with E-state index in [1.165, 1.54) is 23.9 Å². The summed E-state index contributed by atoms with van der Waals surface area (Å²) in [5.74, 6) is -0.577. The molecule has 0 heterocycles. The van der Waals surface area contributed by atoms with E-state index in [4.69, 9.17) is 0 Å². The van der Waals surface area contributed by atoms with Gasteiger partial charge in [0.25, 0.3) is 11.6 Å². The number of carbonyl (C=O) groups excluding carboxylic acids is 1. The maximum Gasteiger partial charge on any atom is 0.283 e. The predicted molar refractivity (Wildman–Crippen MR) is 122 cm³/mol. The Kier molecular flexibility index (Phi) is 6.85. The Hall–Kier alpha value is -3.89. The molecule has 0 saturated heterocycles. The maximum absolute atomic E-state index is 12.4. The first-order valence-corrected chi connectivity index (χ1v) is 10.2. The van der Waals surface area contributed by atoms with Crippen LogP contribution in [0.25, 0.3) is 6.08 Å². The van der Waals surface area contributed by atoms with E-state index in [1.807, 2.05) is 56.3 Å². The molecule has 6 nitrogen and oxygen atoms in total. The standard InChI is InChI=1S/C24H19N3O3S/c1-16-3-8-20(9-4-16)26-24(28)19(15-25)13-18-7-12-23(22(14-18)27(29)30)31-21-10-5-17(2)6-11-21/h3-14H,1-2H3,(H,26,28). The van der Waals surface area contributed by atoms with E-state index in [0.717, 1.165) is 16.0 Å². The van der Waals surface area contributed by atoms with E-state index in [9.17, 15) is 20.2 Å². The number of rotatable bonds is 6. The van der Waals surface area contributed by atoms with Crippen LogP contribution in [0.15, 0.2) is 82.1 Å². The zero-order valence-electron chi connectivity index (χ0n) is 17.0. The van der Waals surface area contributed by atoms with Crippen molar-refractivity contribution >= 4 is 35.1 Å². The van der Waals surface area contributed by atoms with E-state index >= 15 is 0 Å². The number of anilines is 1. The number of nitro benzene ring substituents is 1. The number of carbonyl (C=O) groups is 1. The molecule has 0 atom stereocenters. The molecular weight excluding hydrogens is 410 g/mol. The van der Waals surface area contributed by atoms with Crippen molar-refractivity contribution < 1.29 is 9.72 Å². The van der Waals surface area contributed by atoms with Crippen LogP contribution in [0.3, 0.4) is 0 Å². The average Bonchev–Trinajstić information content (AvgIpc) is 2.75. The zero-order chi connectivity index (χ0) is 22.4. The lowest BCUT2D eigenvalue weighted by atomic mass is 10.1.